The first-order valence-electron chi connectivity index (χ1n) is 6.78. The third kappa shape index (κ3) is 4.40. The van der Waals surface area contributed by atoms with Gasteiger partial charge in [-0.1, -0.05) is 20.8 Å². The van der Waals surface area contributed by atoms with Gasteiger partial charge in [-0.2, -0.15) is 0 Å². The highest BCUT2D eigenvalue weighted by molar-refractivity contribution is 4.79. The first kappa shape index (κ1) is 13.9. The molecule has 0 aromatic heterocycles. The molecule has 0 bridgehead atoms. The molecular formula is C13H28N2O. The molecule has 2 atom stereocenters. The van der Waals surface area contributed by atoms with Crippen LogP contribution in [0.3, 0.4) is 0 Å². The summed E-state index contributed by atoms with van der Waals surface area (Å²) in [5, 5.41) is 12.7. The second kappa shape index (κ2) is 7.25. The first-order valence-corrected chi connectivity index (χ1v) is 6.78. The van der Waals surface area contributed by atoms with E-state index in [9.17, 15) is 5.11 Å². The van der Waals surface area contributed by atoms with Crippen LogP contribution < -0.4 is 5.32 Å². The number of hydrogen-bond acceptors (Lipinski definition) is 3. The van der Waals surface area contributed by atoms with Crippen molar-refractivity contribution in [2.75, 3.05) is 19.7 Å². The van der Waals surface area contributed by atoms with Gasteiger partial charge in [0.2, 0.25) is 0 Å². The summed E-state index contributed by atoms with van der Waals surface area (Å²) in [6, 6.07) is 1.51. The van der Waals surface area contributed by atoms with Gasteiger partial charge in [0.1, 0.15) is 0 Å². The molecule has 3 heteroatoms. The smallest absolute Gasteiger partial charge is 0.0585 e. The SMILES string of the molecule is CCC1CCCN1CCC(CO)NC(C)C. The molecule has 16 heavy (non-hydrogen) atoms. The van der Waals surface area contributed by atoms with Gasteiger partial charge in [0.05, 0.1) is 6.61 Å². The zero-order chi connectivity index (χ0) is 12.0. The summed E-state index contributed by atoms with van der Waals surface area (Å²) >= 11 is 0. The van der Waals surface area contributed by atoms with Crippen LogP contribution in [0, 0.1) is 0 Å². The number of aliphatic hydroxyl groups excluding tert-OH is 1. The number of nitrogens with one attached hydrogen (secondary N) is 1. The van der Waals surface area contributed by atoms with Crippen LogP contribution in [0.4, 0.5) is 0 Å². The fourth-order valence-electron chi connectivity index (χ4n) is 2.67. The summed E-state index contributed by atoms with van der Waals surface area (Å²) in [4.78, 5) is 2.59. The van der Waals surface area contributed by atoms with Gasteiger partial charge in [-0.05, 0) is 38.8 Å². The Kier molecular flexibility index (Phi) is 6.32. The predicted octanol–water partition coefficient (Wildman–Crippen LogP) is 1.61. The predicted molar refractivity (Wildman–Crippen MR) is 68.6 cm³/mol. The third-order valence-electron chi connectivity index (χ3n) is 3.52. The Morgan fingerprint density at radius 2 is 2.19 bits per heavy atom. The highest BCUT2D eigenvalue weighted by atomic mass is 16.3. The zero-order valence-corrected chi connectivity index (χ0v) is 11.1. The second-order valence-electron chi connectivity index (χ2n) is 5.23. The molecule has 0 aromatic carbocycles. The fraction of sp³-hybridized carbons (Fsp3) is 1.00. The van der Waals surface area contributed by atoms with Crippen molar-refractivity contribution >= 4 is 0 Å². The fourth-order valence-corrected chi connectivity index (χ4v) is 2.67. The van der Waals surface area contributed by atoms with Crippen molar-refractivity contribution in [2.45, 2.75) is 64.6 Å². The highest BCUT2D eigenvalue weighted by Gasteiger charge is 2.23. The quantitative estimate of drug-likeness (QED) is 0.695. The summed E-state index contributed by atoms with van der Waals surface area (Å²) in [5.74, 6) is 0. The molecular weight excluding hydrogens is 200 g/mol. The van der Waals surface area contributed by atoms with E-state index in [0.29, 0.717) is 6.04 Å². The van der Waals surface area contributed by atoms with Crippen LogP contribution in [0.15, 0.2) is 0 Å². The van der Waals surface area contributed by atoms with Crippen LogP contribution in [-0.2, 0) is 0 Å². The lowest BCUT2D eigenvalue weighted by atomic mass is 10.1. The maximum Gasteiger partial charge on any atom is 0.0585 e. The van der Waals surface area contributed by atoms with E-state index in [1.165, 1.54) is 25.8 Å². The molecule has 0 spiro atoms. The number of rotatable bonds is 7. The average molecular weight is 228 g/mol. The molecule has 3 nitrogen and oxygen atoms in total. The number of nitrogens with zero attached hydrogens (tertiary/aromatic N) is 1. The molecule has 1 heterocycles. The van der Waals surface area contributed by atoms with Crippen molar-refractivity contribution in [2.24, 2.45) is 0 Å². The van der Waals surface area contributed by atoms with Crippen molar-refractivity contribution < 1.29 is 5.11 Å². The molecule has 0 amide bonds. The molecule has 0 saturated carbocycles. The summed E-state index contributed by atoms with van der Waals surface area (Å²) in [5.41, 5.74) is 0. The van der Waals surface area contributed by atoms with E-state index < -0.39 is 0 Å². The number of aliphatic hydroxyl groups is 1. The lowest BCUT2D eigenvalue weighted by molar-refractivity contribution is 0.191. The van der Waals surface area contributed by atoms with Gasteiger partial charge in [-0.15, -0.1) is 0 Å². The van der Waals surface area contributed by atoms with E-state index in [4.69, 9.17) is 0 Å². The average Bonchev–Trinajstić information content (AvgIpc) is 2.70. The van der Waals surface area contributed by atoms with Crippen molar-refractivity contribution in [3.8, 4) is 0 Å². The third-order valence-corrected chi connectivity index (χ3v) is 3.52. The molecule has 2 unspecified atom stereocenters. The van der Waals surface area contributed by atoms with Crippen molar-refractivity contribution in [3.63, 3.8) is 0 Å². The minimum absolute atomic E-state index is 0.253. The highest BCUT2D eigenvalue weighted by Crippen LogP contribution is 2.19. The first-order chi connectivity index (χ1) is 7.67. The Morgan fingerprint density at radius 1 is 1.44 bits per heavy atom. The summed E-state index contributed by atoms with van der Waals surface area (Å²) in [6.45, 7) is 9.17. The van der Waals surface area contributed by atoms with E-state index in [1.54, 1.807) is 0 Å². The van der Waals surface area contributed by atoms with Crippen molar-refractivity contribution in [1.82, 2.24) is 10.2 Å². The summed E-state index contributed by atoms with van der Waals surface area (Å²) in [6.07, 6.45) is 5.03. The molecule has 1 rings (SSSR count). The van der Waals surface area contributed by atoms with Crippen LogP contribution in [0.5, 0.6) is 0 Å². The molecule has 1 aliphatic rings. The monoisotopic (exact) mass is 228 g/mol. The lowest BCUT2D eigenvalue weighted by Gasteiger charge is -2.26. The van der Waals surface area contributed by atoms with E-state index >= 15 is 0 Å². The molecule has 1 fully saturated rings. The van der Waals surface area contributed by atoms with Crippen LogP contribution in [-0.4, -0.2) is 47.8 Å². The maximum absolute atomic E-state index is 9.29. The normalized spacial score (nSPS) is 24.2. The Bertz CT molecular complexity index is 185. The van der Waals surface area contributed by atoms with E-state index in [1.807, 2.05) is 0 Å². The minimum Gasteiger partial charge on any atom is -0.395 e. The second-order valence-corrected chi connectivity index (χ2v) is 5.23. The van der Waals surface area contributed by atoms with Crippen molar-refractivity contribution in [3.05, 3.63) is 0 Å². The van der Waals surface area contributed by atoms with Gasteiger partial charge in [0, 0.05) is 18.1 Å². The molecule has 96 valence electrons. The Labute approximate surface area is 100 Å². The number of likely N-dealkylation sites (tertiary alicyclic amines) is 1. The standard InChI is InChI=1S/C13H28N2O/c1-4-13-6-5-8-15(13)9-7-12(10-16)14-11(2)3/h11-14,16H,4-10H2,1-3H3. The molecule has 0 aliphatic carbocycles. The molecule has 0 radical (unpaired) electrons. The zero-order valence-electron chi connectivity index (χ0n) is 11.1. The van der Waals surface area contributed by atoms with Crippen LogP contribution in [0.1, 0.15) is 46.5 Å². The van der Waals surface area contributed by atoms with Gasteiger partial charge in [0.15, 0.2) is 0 Å². The van der Waals surface area contributed by atoms with Crippen LogP contribution in [0.25, 0.3) is 0 Å². The van der Waals surface area contributed by atoms with E-state index in [-0.39, 0.29) is 12.6 Å². The molecule has 0 aromatic rings. The number of hydrogen-bond donors (Lipinski definition) is 2. The summed E-state index contributed by atoms with van der Waals surface area (Å²) in [7, 11) is 0. The van der Waals surface area contributed by atoms with Gasteiger partial charge in [0.25, 0.3) is 0 Å². The Balaban J connectivity index is 2.25. The van der Waals surface area contributed by atoms with Gasteiger partial charge in [-0.25, -0.2) is 0 Å². The molecule has 1 saturated heterocycles. The summed E-state index contributed by atoms with van der Waals surface area (Å²) < 4.78 is 0. The van der Waals surface area contributed by atoms with Gasteiger partial charge < -0.3 is 15.3 Å². The van der Waals surface area contributed by atoms with E-state index in [0.717, 1.165) is 19.0 Å². The van der Waals surface area contributed by atoms with Crippen LogP contribution >= 0.6 is 0 Å². The van der Waals surface area contributed by atoms with Crippen LogP contribution in [0.2, 0.25) is 0 Å². The Hall–Kier alpha value is -0.120. The van der Waals surface area contributed by atoms with Gasteiger partial charge in [-0.3, -0.25) is 0 Å². The lowest BCUT2D eigenvalue weighted by Crippen LogP contribution is -2.41. The van der Waals surface area contributed by atoms with Gasteiger partial charge >= 0.3 is 0 Å². The van der Waals surface area contributed by atoms with Crippen molar-refractivity contribution in [1.29, 1.82) is 0 Å². The topological polar surface area (TPSA) is 35.5 Å². The van der Waals surface area contributed by atoms with E-state index in [2.05, 4.69) is 31.0 Å². The molecule has 2 N–H and O–H groups in total. The molecule has 1 aliphatic heterocycles. The minimum atomic E-state index is 0.253. The largest absolute Gasteiger partial charge is 0.395 e. The Morgan fingerprint density at radius 3 is 2.75 bits per heavy atom. The maximum atomic E-state index is 9.29.